The zero-order chi connectivity index (χ0) is 10.1. The van der Waals surface area contributed by atoms with Gasteiger partial charge in [-0.2, -0.15) is 0 Å². The van der Waals surface area contributed by atoms with Crippen molar-refractivity contribution in [1.29, 1.82) is 0 Å². The zero-order valence-corrected chi connectivity index (χ0v) is 8.33. The van der Waals surface area contributed by atoms with Crippen LogP contribution >= 0.6 is 0 Å². The topological polar surface area (TPSA) is 48.4 Å². The van der Waals surface area contributed by atoms with Crippen molar-refractivity contribution in [2.24, 2.45) is 5.73 Å². The summed E-state index contributed by atoms with van der Waals surface area (Å²) in [5.41, 5.74) is 8.55. The lowest BCUT2D eigenvalue weighted by atomic mass is 10.1. The van der Waals surface area contributed by atoms with Gasteiger partial charge in [0.1, 0.15) is 0 Å². The number of rotatable bonds is 2. The van der Waals surface area contributed by atoms with Crippen LogP contribution in [0.15, 0.2) is 22.8 Å². The Morgan fingerprint density at radius 2 is 2.21 bits per heavy atom. The molecule has 0 aliphatic rings. The number of hydrogen-bond donors (Lipinski definition) is 1. The van der Waals surface area contributed by atoms with Gasteiger partial charge in [0.15, 0.2) is 11.3 Å². The highest BCUT2D eigenvalue weighted by Crippen LogP contribution is 2.30. The summed E-state index contributed by atoms with van der Waals surface area (Å²) in [5, 5.41) is 1.07. The minimum Gasteiger partial charge on any atom is -0.493 e. The van der Waals surface area contributed by atoms with E-state index in [1.165, 1.54) is 0 Å². The van der Waals surface area contributed by atoms with Gasteiger partial charge in [-0.1, -0.05) is 0 Å². The van der Waals surface area contributed by atoms with Gasteiger partial charge in [0, 0.05) is 11.9 Å². The number of hydrogen-bond acceptors (Lipinski definition) is 3. The number of furan rings is 1. The summed E-state index contributed by atoms with van der Waals surface area (Å²) in [5.74, 6) is 0.746. The van der Waals surface area contributed by atoms with E-state index in [4.69, 9.17) is 14.9 Å². The maximum absolute atomic E-state index is 5.60. The lowest BCUT2D eigenvalue weighted by molar-refractivity contribution is 0.409. The minimum atomic E-state index is 0.511. The van der Waals surface area contributed by atoms with Crippen LogP contribution in [0.1, 0.15) is 11.1 Å². The first-order valence-electron chi connectivity index (χ1n) is 4.51. The SMILES string of the molecule is COc1cc(CN)cc2c(C)coc12. The van der Waals surface area contributed by atoms with E-state index < -0.39 is 0 Å². The normalized spacial score (nSPS) is 10.8. The first-order valence-corrected chi connectivity index (χ1v) is 4.51. The van der Waals surface area contributed by atoms with Crippen LogP contribution in [0.4, 0.5) is 0 Å². The van der Waals surface area contributed by atoms with Crippen LogP contribution in [-0.2, 0) is 6.54 Å². The van der Waals surface area contributed by atoms with Crippen molar-refractivity contribution >= 4 is 11.0 Å². The molecule has 0 aliphatic carbocycles. The molecule has 2 N–H and O–H groups in total. The van der Waals surface area contributed by atoms with Gasteiger partial charge in [-0.25, -0.2) is 0 Å². The summed E-state index contributed by atoms with van der Waals surface area (Å²) in [6, 6.07) is 3.95. The van der Waals surface area contributed by atoms with E-state index >= 15 is 0 Å². The zero-order valence-electron chi connectivity index (χ0n) is 8.33. The molecule has 3 nitrogen and oxygen atoms in total. The van der Waals surface area contributed by atoms with Gasteiger partial charge in [0.05, 0.1) is 13.4 Å². The second-order valence-corrected chi connectivity index (χ2v) is 3.30. The first-order chi connectivity index (χ1) is 6.76. The number of aryl methyl sites for hydroxylation is 1. The van der Waals surface area contributed by atoms with Crippen molar-refractivity contribution in [2.45, 2.75) is 13.5 Å². The predicted octanol–water partition coefficient (Wildman–Crippen LogP) is 2.21. The Bertz CT molecular complexity index is 460. The summed E-state index contributed by atoms with van der Waals surface area (Å²) >= 11 is 0. The lowest BCUT2D eigenvalue weighted by Crippen LogP contribution is -1.96. The van der Waals surface area contributed by atoms with Crippen molar-refractivity contribution in [2.75, 3.05) is 7.11 Å². The highest BCUT2D eigenvalue weighted by molar-refractivity contribution is 5.86. The van der Waals surface area contributed by atoms with Gasteiger partial charge in [-0.15, -0.1) is 0 Å². The quantitative estimate of drug-likeness (QED) is 0.791. The highest BCUT2D eigenvalue weighted by atomic mass is 16.5. The van der Waals surface area contributed by atoms with Crippen LogP contribution in [0.5, 0.6) is 5.75 Å². The second-order valence-electron chi connectivity index (χ2n) is 3.30. The third-order valence-corrected chi connectivity index (χ3v) is 2.35. The van der Waals surface area contributed by atoms with E-state index in [9.17, 15) is 0 Å². The van der Waals surface area contributed by atoms with Gasteiger partial charge < -0.3 is 14.9 Å². The summed E-state index contributed by atoms with van der Waals surface area (Å²) in [6.45, 7) is 2.52. The molecule has 0 aliphatic heterocycles. The fourth-order valence-corrected chi connectivity index (χ4v) is 1.55. The molecule has 0 saturated carbocycles. The molecule has 0 atom stereocenters. The maximum atomic E-state index is 5.60. The van der Waals surface area contributed by atoms with E-state index in [1.54, 1.807) is 13.4 Å². The molecule has 0 spiro atoms. The van der Waals surface area contributed by atoms with Crippen LogP contribution < -0.4 is 10.5 Å². The van der Waals surface area contributed by atoms with Gasteiger partial charge in [0.25, 0.3) is 0 Å². The van der Waals surface area contributed by atoms with E-state index in [2.05, 4.69) is 0 Å². The summed E-state index contributed by atoms with van der Waals surface area (Å²) in [7, 11) is 1.63. The molecule has 2 rings (SSSR count). The van der Waals surface area contributed by atoms with Crippen molar-refractivity contribution in [1.82, 2.24) is 0 Å². The Kier molecular flexibility index (Phi) is 2.17. The molecular weight excluding hydrogens is 178 g/mol. The first kappa shape index (κ1) is 9.09. The Balaban J connectivity index is 2.76. The Morgan fingerprint density at radius 3 is 2.86 bits per heavy atom. The monoisotopic (exact) mass is 191 g/mol. The van der Waals surface area contributed by atoms with Gasteiger partial charge in [0.2, 0.25) is 0 Å². The highest BCUT2D eigenvalue weighted by Gasteiger charge is 2.09. The van der Waals surface area contributed by atoms with Crippen LogP contribution in [0, 0.1) is 6.92 Å². The second kappa shape index (κ2) is 3.35. The molecule has 14 heavy (non-hydrogen) atoms. The predicted molar refractivity (Wildman–Crippen MR) is 55.4 cm³/mol. The van der Waals surface area contributed by atoms with Crippen LogP contribution in [0.25, 0.3) is 11.0 Å². The molecule has 0 bridgehead atoms. The van der Waals surface area contributed by atoms with Crippen LogP contribution in [-0.4, -0.2) is 7.11 Å². The van der Waals surface area contributed by atoms with Crippen LogP contribution in [0.3, 0.4) is 0 Å². The Hall–Kier alpha value is -1.48. The van der Waals surface area contributed by atoms with Crippen molar-refractivity contribution < 1.29 is 9.15 Å². The Labute approximate surface area is 82.5 Å². The van der Waals surface area contributed by atoms with E-state index in [0.717, 1.165) is 27.8 Å². The number of methoxy groups -OCH3 is 1. The number of benzene rings is 1. The maximum Gasteiger partial charge on any atom is 0.175 e. The molecule has 0 fully saturated rings. The van der Waals surface area contributed by atoms with E-state index in [-0.39, 0.29) is 0 Å². The summed E-state index contributed by atoms with van der Waals surface area (Å²) in [4.78, 5) is 0. The molecule has 2 aromatic rings. The standard InChI is InChI=1S/C11H13NO2/c1-7-6-14-11-9(7)3-8(5-12)4-10(11)13-2/h3-4,6H,5,12H2,1-2H3. The third-order valence-electron chi connectivity index (χ3n) is 2.35. The lowest BCUT2D eigenvalue weighted by Gasteiger charge is -2.03. The van der Waals surface area contributed by atoms with Gasteiger partial charge in [-0.3, -0.25) is 0 Å². The van der Waals surface area contributed by atoms with E-state index in [0.29, 0.717) is 6.54 Å². The largest absolute Gasteiger partial charge is 0.493 e. The van der Waals surface area contributed by atoms with Crippen molar-refractivity contribution in [3.8, 4) is 5.75 Å². The molecular formula is C11H13NO2. The fraction of sp³-hybridized carbons (Fsp3) is 0.273. The molecule has 3 heteroatoms. The van der Waals surface area contributed by atoms with E-state index in [1.807, 2.05) is 19.1 Å². The average molecular weight is 191 g/mol. The number of nitrogens with two attached hydrogens (primary N) is 1. The molecule has 0 saturated heterocycles. The minimum absolute atomic E-state index is 0.511. The average Bonchev–Trinajstić information content (AvgIpc) is 2.59. The van der Waals surface area contributed by atoms with Crippen molar-refractivity contribution in [3.05, 3.63) is 29.5 Å². The van der Waals surface area contributed by atoms with Gasteiger partial charge in [-0.05, 0) is 30.2 Å². The molecule has 0 amide bonds. The molecule has 74 valence electrons. The summed E-state index contributed by atoms with van der Waals surface area (Å²) in [6.07, 6.45) is 1.73. The molecule has 1 aromatic carbocycles. The van der Waals surface area contributed by atoms with Crippen molar-refractivity contribution in [3.63, 3.8) is 0 Å². The van der Waals surface area contributed by atoms with Gasteiger partial charge >= 0.3 is 0 Å². The molecule has 0 radical (unpaired) electrons. The number of fused-ring (bicyclic) bond motifs is 1. The molecule has 1 heterocycles. The third kappa shape index (κ3) is 1.26. The molecule has 1 aromatic heterocycles. The number of ether oxygens (including phenoxy) is 1. The summed E-state index contributed by atoms with van der Waals surface area (Å²) < 4.78 is 10.6. The Morgan fingerprint density at radius 1 is 1.43 bits per heavy atom. The fourth-order valence-electron chi connectivity index (χ4n) is 1.55. The van der Waals surface area contributed by atoms with Crippen LogP contribution in [0.2, 0.25) is 0 Å². The molecule has 0 unspecified atom stereocenters. The smallest absolute Gasteiger partial charge is 0.175 e.